The number of amides is 1. The molecular formula is C25H22N2O3. The van der Waals surface area contributed by atoms with Gasteiger partial charge in [-0.15, -0.1) is 0 Å². The maximum atomic E-state index is 13.6. The van der Waals surface area contributed by atoms with Crippen molar-refractivity contribution in [2.75, 3.05) is 27.2 Å². The predicted octanol–water partition coefficient (Wildman–Crippen LogP) is 4.05. The van der Waals surface area contributed by atoms with Gasteiger partial charge in [-0.2, -0.15) is 0 Å². The molecule has 1 atom stereocenters. The van der Waals surface area contributed by atoms with E-state index in [1.54, 1.807) is 11.0 Å². The Labute approximate surface area is 174 Å². The molecule has 0 radical (unpaired) electrons. The van der Waals surface area contributed by atoms with Gasteiger partial charge in [0.05, 0.1) is 17.0 Å². The van der Waals surface area contributed by atoms with E-state index >= 15 is 0 Å². The molecule has 0 saturated carbocycles. The van der Waals surface area contributed by atoms with Crippen molar-refractivity contribution in [2.24, 2.45) is 0 Å². The Hall–Kier alpha value is -3.44. The molecule has 1 aliphatic rings. The number of fused-ring (bicyclic) bond motifs is 4. The largest absolute Gasteiger partial charge is 0.450 e. The first-order chi connectivity index (χ1) is 14.6. The van der Waals surface area contributed by atoms with Crippen LogP contribution in [0, 0.1) is 0 Å². The molecule has 4 aromatic rings. The summed E-state index contributed by atoms with van der Waals surface area (Å²) in [6.45, 7) is 1.20. The Morgan fingerprint density at radius 1 is 0.900 bits per heavy atom. The van der Waals surface area contributed by atoms with Gasteiger partial charge < -0.3 is 14.2 Å². The van der Waals surface area contributed by atoms with Gasteiger partial charge in [0.2, 0.25) is 5.76 Å². The molecule has 3 aromatic carbocycles. The minimum Gasteiger partial charge on any atom is -0.450 e. The molecule has 150 valence electrons. The first-order valence-electron chi connectivity index (χ1n) is 10.1. The van der Waals surface area contributed by atoms with Gasteiger partial charge in [-0.3, -0.25) is 9.59 Å². The zero-order chi connectivity index (χ0) is 20.8. The summed E-state index contributed by atoms with van der Waals surface area (Å²) in [5.74, 6) is -0.0656. The average molecular weight is 398 g/mol. The van der Waals surface area contributed by atoms with Crippen LogP contribution in [0.4, 0.5) is 0 Å². The van der Waals surface area contributed by atoms with E-state index in [2.05, 4.69) is 0 Å². The first kappa shape index (κ1) is 18.6. The van der Waals surface area contributed by atoms with Crippen molar-refractivity contribution in [2.45, 2.75) is 6.04 Å². The van der Waals surface area contributed by atoms with Crippen molar-refractivity contribution in [3.05, 3.63) is 93.8 Å². The second-order valence-electron chi connectivity index (χ2n) is 7.95. The molecule has 0 fully saturated rings. The molecule has 0 aliphatic carbocycles. The maximum absolute atomic E-state index is 13.6. The lowest BCUT2D eigenvalue weighted by Gasteiger charge is -2.26. The molecule has 0 bridgehead atoms. The molecule has 30 heavy (non-hydrogen) atoms. The summed E-state index contributed by atoms with van der Waals surface area (Å²) in [6.07, 6.45) is 0. The second kappa shape index (κ2) is 7.11. The van der Waals surface area contributed by atoms with Crippen LogP contribution < -0.4 is 5.43 Å². The fourth-order valence-corrected chi connectivity index (χ4v) is 4.27. The third-order valence-electron chi connectivity index (χ3n) is 5.76. The zero-order valence-electron chi connectivity index (χ0n) is 17.0. The fraction of sp³-hybridized carbons (Fsp3) is 0.200. The molecule has 5 nitrogen and oxygen atoms in total. The lowest BCUT2D eigenvalue weighted by molar-refractivity contribution is 0.0716. The van der Waals surface area contributed by atoms with Gasteiger partial charge in [0, 0.05) is 18.5 Å². The van der Waals surface area contributed by atoms with Crippen LogP contribution in [0.3, 0.4) is 0 Å². The number of carbonyl (C=O) groups is 1. The van der Waals surface area contributed by atoms with E-state index in [1.165, 1.54) is 0 Å². The number of nitrogens with zero attached hydrogens (tertiary/aromatic N) is 2. The molecule has 2 heterocycles. The summed E-state index contributed by atoms with van der Waals surface area (Å²) in [6, 6.07) is 20.7. The zero-order valence-corrected chi connectivity index (χ0v) is 17.0. The van der Waals surface area contributed by atoms with Gasteiger partial charge in [-0.1, -0.05) is 60.7 Å². The molecule has 0 unspecified atom stereocenters. The van der Waals surface area contributed by atoms with E-state index < -0.39 is 6.04 Å². The van der Waals surface area contributed by atoms with Crippen molar-refractivity contribution >= 4 is 27.6 Å². The molecule has 5 rings (SSSR count). The van der Waals surface area contributed by atoms with Crippen molar-refractivity contribution in [1.82, 2.24) is 9.80 Å². The number of hydrogen-bond acceptors (Lipinski definition) is 4. The van der Waals surface area contributed by atoms with Crippen LogP contribution in [0.2, 0.25) is 0 Å². The standard InChI is InChI=1S/C25H22N2O3/c1-26(2)14-15-27-21(17-9-4-3-5-10-17)20-22(28)19-13-12-16-8-6-7-11-18(16)23(19)30-24(20)25(27)29/h3-13,21H,14-15H2,1-2H3/t21-/m0/s1. The highest BCUT2D eigenvalue weighted by Gasteiger charge is 2.42. The van der Waals surface area contributed by atoms with E-state index in [0.717, 1.165) is 16.3 Å². The average Bonchev–Trinajstić information content (AvgIpc) is 3.05. The van der Waals surface area contributed by atoms with Gasteiger partial charge in [0.1, 0.15) is 5.58 Å². The topological polar surface area (TPSA) is 53.8 Å². The van der Waals surface area contributed by atoms with Crippen molar-refractivity contribution in [1.29, 1.82) is 0 Å². The van der Waals surface area contributed by atoms with Crippen LogP contribution in [0.5, 0.6) is 0 Å². The molecule has 1 aliphatic heterocycles. The van der Waals surface area contributed by atoms with Gasteiger partial charge in [-0.25, -0.2) is 0 Å². The summed E-state index contributed by atoms with van der Waals surface area (Å²) < 4.78 is 6.19. The monoisotopic (exact) mass is 398 g/mol. The smallest absolute Gasteiger partial charge is 0.290 e. The molecule has 0 N–H and O–H groups in total. The second-order valence-corrected chi connectivity index (χ2v) is 7.95. The molecule has 1 amide bonds. The third kappa shape index (κ3) is 2.82. The van der Waals surface area contributed by atoms with Crippen LogP contribution >= 0.6 is 0 Å². The fourth-order valence-electron chi connectivity index (χ4n) is 4.27. The van der Waals surface area contributed by atoms with Gasteiger partial charge >= 0.3 is 0 Å². The van der Waals surface area contributed by atoms with E-state index in [-0.39, 0.29) is 17.1 Å². The normalized spacial score (nSPS) is 16.0. The highest BCUT2D eigenvalue weighted by atomic mass is 16.3. The Morgan fingerprint density at radius 3 is 2.40 bits per heavy atom. The highest BCUT2D eigenvalue weighted by Crippen LogP contribution is 2.38. The Bertz CT molecular complexity index is 1330. The van der Waals surface area contributed by atoms with Gasteiger partial charge in [0.25, 0.3) is 5.91 Å². The van der Waals surface area contributed by atoms with Crippen LogP contribution in [0.25, 0.3) is 21.7 Å². The lowest BCUT2D eigenvalue weighted by Crippen LogP contribution is -2.35. The van der Waals surface area contributed by atoms with Gasteiger partial charge in [0.15, 0.2) is 5.43 Å². The number of likely N-dealkylation sites (N-methyl/N-ethyl adjacent to an activating group) is 1. The number of carbonyl (C=O) groups excluding carboxylic acids is 1. The Balaban J connectivity index is 1.78. The van der Waals surface area contributed by atoms with E-state index in [9.17, 15) is 9.59 Å². The van der Waals surface area contributed by atoms with Crippen LogP contribution in [0.1, 0.15) is 27.7 Å². The van der Waals surface area contributed by atoms with Crippen molar-refractivity contribution in [3.8, 4) is 0 Å². The van der Waals surface area contributed by atoms with E-state index in [0.29, 0.717) is 29.6 Å². The molecule has 0 saturated heterocycles. The Kier molecular flexibility index (Phi) is 4.40. The minimum absolute atomic E-state index is 0.133. The molecule has 1 aromatic heterocycles. The first-order valence-corrected chi connectivity index (χ1v) is 10.1. The highest BCUT2D eigenvalue weighted by molar-refractivity contribution is 6.06. The summed E-state index contributed by atoms with van der Waals surface area (Å²) in [5.41, 5.74) is 1.70. The van der Waals surface area contributed by atoms with Crippen LogP contribution in [-0.4, -0.2) is 42.9 Å². The molecular weight excluding hydrogens is 376 g/mol. The van der Waals surface area contributed by atoms with Gasteiger partial charge in [-0.05, 0) is 31.1 Å². The lowest BCUT2D eigenvalue weighted by atomic mass is 9.97. The van der Waals surface area contributed by atoms with E-state index in [1.807, 2.05) is 79.7 Å². The quantitative estimate of drug-likeness (QED) is 0.487. The van der Waals surface area contributed by atoms with Crippen molar-refractivity contribution < 1.29 is 9.21 Å². The molecule has 0 spiro atoms. The maximum Gasteiger partial charge on any atom is 0.290 e. The molecule has 5 heteroatoms. The predicted molar refractivity (Wildman–Crippen MR) is 118 cm³/mol. The van der Waals surface area contributed by atoms with Crippen LogP contribution in [-0.2, 0) is 0 Å². The Morgan fingerprint density at radius 2 is 1.63 bits per heavy atom. The summed E-state index contributed by atoms with van der Waals surface area (Å²) in [7, 11) is 3.93. The summed E-state index contributed by atoms with van der Waals surface area (Å²) in [4.78, 5) is 30.8. The summed E-state index contributed by atoms with van der Waals surface area (Å²) >= 11 is 0. The van der Waals surface area contributed by atoms with E-state index in [4.69, 9.17) is 4.42 Å². The van der Waals surface area contributed by atoms with Crippen LogP contribution in [0.15, 0.2) is 75.9 Å². The SMILES string of the molecule is CN(C)CCN1C(=O)c2oc3c(ccc4ccccc43)c(=O)c2[C@@H]1c1ccccc1. The third-order valence-corrected chi connectivity index (χ3v) is 5.76. The number of rotatable bonds is 4. The number of benzene rings is 3. The number of hydrogen-bond donors (Lipinski definition) is 0. The van der Waals surface area contributed by atoms with Crippen molar-refractivity contribution in [3.63, 3.8) is 0 Å². The summed E-state index contributed by atoms with van der Waals surface area (Å²) in [5, 5.41) is 2.32. The minimum atomic E-state index is -0.444.